The van der Waals surface area contributed by atoms with Crippen LogP contribution in [0.15, 0.2) is 0 Å². The molecule has 0 saturated carbocycles. The molecule has 0 atom stereocenters. The van der Waals surface area contributed by atoms with E-state index in [1.54, 1.807) is 6.92 Å². The van der Waals surface area contributed by atoms with Gasteiger partial charge in [-0.1, -0.05) is 0 Å². The number of hydrogen-bond acceptors (Lipinski definition) is 4. The normalized spacial score (nSPS) is 16.1. The Hall–Kier alpha value is -2.12. The number of aliphatic carboxylic acids is 1. The van der Waals surface area contributed by atoms with Crippen LogP contribution in [0.25, 0.3) is 0 Å². The van der Waals surface area contributed by atoms with Crippen molar-refractivity contribution in [2.75, 3.05) is 26.2 Å². The molecule has 0 aromatic heterocycles. The van der Waals surface area contributed by atoms with Crippen molar-refractivity contribution in [1.29, 1.82) is 0 Å². The molecule has 0 bridgehead atoms. The molecule has 0 radical (unpaired) electrons. The summed E-state index contributed by atoms with van der Waals surface area (Å²) in [4.78, 5) is 46.6. The minimum Gasteiger partial charge on any atom is -0.480 e. The average molecular weight is 243 g/mol. The van der Waals surface area contributed by atoms with Crippen molar-refractivity contribution >= 4 is 23.8 Å². The standard InChI is InChI=1S/C9H13N3O5/c1-2-11-3-4-12(8(16)7(11)15)9(17)10-5-6(13)14/h2-5H2,1H3,(H,10,17)(H,13,14). The molecular formula is C9H13N3O5. The minimum atomic E-state index is -1.22. The first-order chi connectivity index (χ1) is 7.97. The molecule has 8 heteroatoms. The van der Waals surface area contributed by atoms with Crippen LogP contribution in [0, 0.1) is 0 Å². The first-order valence-electron chi connectivity index (χ1n) is 5.07. The van der Waals surface area contributed by atoms with Crippen molar-refractivity contribution in [1.82, 2.24) is 15.1 Å². The predicted octanol–water partition coefficient (Wildman–Crippen LogP) is -1.53. The highest BCUT2D eigenvalue weighted by molar-refractivity contribution is 6.38. The number of nitrogens with one attached hydrogen (secondary N) is 1. The van der Waals surface area contributed by atoms with Crippen LogP contribution in [0.1, 0.15) is 6.92 Å². The van der Waals surface area contributed by atoms with E-state index >= 15 is 0 Å². The number of urea groups is 1. The van der Waals surface area contributed by atoms with Crippen molar-refractivity contribution in [3.8, 4) is 0 Å². The second-order valence-electron chi connectivity index (χ2n) is 3.39. The number of hydrogen-bond donors (Lipinski definition) is 2. The molecule has 1 aliphatic rings. The Morgan fingerprint density at radius 1 is 1.29 bits per heavy atom. The number of piperazine rings is 1. The second-order valence-corrected chi connectivity index (χ2v) is 3.39. The maximum atomic E-state index is 11.5. The summed E-state index contributed by atoms with van der Waals surface area (Å²) in [6.07, 6.45) is 0. The monoisotopic (exact) mass is 243 g/mol. The number of carbonyl (C=O) groups is 4. The van der Waals surface area contributed by atoms with Crippen molar-refractivity contribution in [2.45, 2.75) is 6.92 Å². The number of likely N-dealkylation sites (N-methyl/N-ethyl adjacent to an activating group) is 1. The van der Waals surface area contributed by atoms with Crippen LogP contribution in [-0.4, -0.2) is 64.9 Å². The van der Waals surface area contributed by atoms with Gasteiger partial charge in [0.15, 0.2) is 0 Å². The van der Waals surface area contributed by atoms with Gasteiger partial charge in [-0.25, -0.2) is 4.79 Å². The van der Waals surface area contributed by atoms with Gasteiger partial charge in [-0.15, -0.1) is 0 Å². The SMILES string of the molecule is CCN1CCN(C(=O)NCC(=O)O)C(=O)C1=O. The van der Waals surface area contributed by atoms with Crippen LogP contribution < -0.4 is 5.32 Å². The van der Waals surface area contributed by atoms with Gasteiger partial charge in [0.05, 0.1) is 0 Å². The van der Waals surface area contributed by atoms with Crippen molar-refractivity contribution in [3.05, 3.63) is 0 Å². The van der Waals surface area contributed by atoms with Gasteiger partial charge >= 0.3 is 23.8 Å². The van der Waals surface area contributed by atoms with E-state index in [0.29, 0.717) is 6.54 Å². The summed E-state index contributed by atoms with van der Waals surface area (Å²) < 4.78 is 0. The Morgan fingerprint density at radius 2 is 1.94 bits per heavy atom. The largest absolute Gasteiger partial charge is 0.480 e. The Kier molecular flexibility index (Phi) is 4.02. The molecule has 94 valence electrons. The highest BCUT2D eigenvalue weighted by Crippen LogP contribution is 2.04. The number of carboxylic acids is 1. The number of nitrogens with zero attached hydrogens (tertiary/aromatic N) is 2. The van der Waals surface area contributed by atoms with E-state index in [0.717, 1.165) is 4.90 Å². The Balaban J connectivity index is 2.61. The minimum absolute atomic E-state index is 0.0733. The van der Waals surface area contributed by atoms with Crippen LogP contribution in [0.2, 0.25) is 0 Å². The van der Waals surface area contributed by atoms with Crippen molar-refractivity contribution in [3.63, 3.8) is 0 Å². The third-order valence-electron chi connectivity index (χ3n) is 2.33. The molecular weight excluding hydrogens is 230 g/mol. The van der Waals surface area contributed by atoms with E-state index in [4.69, 9.17) is 5.11 Å². The molecule has 0 aliphatic carbocycles. The maximum Gasteiger partial charge on any atom is 0.325 e. The van der Waals surface area contributed by atoms with E-state index in [9.17, 15) is 19.2 Å². The lowest BCUT2D eigenvalue weighted by molar-refractivity contribution is -0.153. The smallest absolute Gasteiger partial charge is 0.325 e. The summed E-state index contributed by atoms with van der Waals surface area (Å²) in [7, 11) is 0. The summed E-state index contributed by atoms with van der Waals surface area (Å²) in [5.74, 6) is -2.89. The molecule has 0 aromatic carbocycles. The molecule has 1 saturated heterocycles. The lowest BCUT2D eigenvalue weighted by Gasteiger charge is -2.31. The zero-order chi connectivity index (χ0) is 13.0. The highest BCUT2D eigenvalue weighted by Gasteiger charge is 2.35. The summed E-state index contributed by atoms with van der Waals surface area (Å²) >= 11 is 0. The Morgan fingerprint density at radius 3 is 2.47 bits per heavy atom. The molecule has 1 heterocycles. The molecule has 2 N–H and O–H groups in total. The first-order valence-corrected chi connectivity index (χ1v) is 5.07. The van der Waals surface area contributed by atoms with Gasteiger partial charge < -0.3 is 15.3 Å². The van der Waals surface area contributed by atoms with Gasteiger partial charge in [0, 0.05) is 19.6 Å². The van der Waals surface area contributed by atoms with Crippen LogP contribution in [-0.2, 0) is 14.4 Å². The molecule has 4 amide bonds. The topological polar surface area (TPSA) is 107 Å². The molecule has 0 unspecified atom stereocenters. The third-order valence-corrected chi connectivity index (χ3v) is 2.33. The predicted molar refractivity (Wildman–Crippen MR) is 55.0 cm³/mol. The van der Waals surface area contributed by atoms with E-state index < -0.39 is 30.4 Å². The number of rotatable bonds is 3. The lowest BCUT2D eigenvalue weighted by atomic mass is 10.3. The fourth-order valence-corrected chi connectivity index (χ4v) is 1.42. The van der Waals surface area contributed by atoms with Crippen LogP contribution in [0.4, 0.5) is 4.79 Å². The first kappa shape index (κ1) is 12.9. The summed E-state index contributed by atoms with van der Waals surface area (Å²) in [5.41, 5.74) is 0. The van der Waals surface area contributed by atoms with Crippen LogP contribution >= 0.6 is 0 Å². The fourth-order valence-electron chi connectivity index (χ4n) is 1.42. The highest BCUT2D eigenvalue weighted by atomic mass is 16.4. The van der Waals surface area contributed by atoms with E-state index in [-0.39, 0.29) is 13.1 Å². The quantitative estimate of drug-likeness (QED) is 0.585. The molecule has 0 aromatic rings. The van der Waals surface area contributed by atoms with Crippen LogP contribution in [0.5, 0.6) is 0 Å². The molecule has 1 aliphatic heterocycles. The van der Waals surface area contributed by atoms with Crippen LogP contribution in [0.3, 0.4) is 0 Å². The molecule has 1 fully saturated rings. The van der Waals surface area contributed by atoms with Gasteiger partial charge in [-0.2, -0.15) is 0 Å². The van der Waals surface area contributed by atoms with E-state index in [1.807, 2.05) is 5.32 Å². The fraction of sp³-hybridized carbons (Fsp3) is 0.556. The van der Waals surface area contributed by atoms with Gasteiger partial charge in [0.2, 0.25) is 0 Å². The zero-order valence-corrected chi connectivity index (χ0v) is 9.30. The van der Waals surface area contributed by atoms with Gasteiger partial charge in [-0.05, 0) is 6.92 Å². The average Bonchev–Trinajstić information content (AvgIpc) is 2.29. The summed E-state index contributed by atoms with van der Waals surface area (Å²) in [6, 6.07) is -0.860. The Labute approximate surface area is 97.2 Å². The van der Waals surface area contributed by atoms with E-state index in [2.05, 4.69) is 0 Å². The molecule has 1 rings (SSSR count). The van der Waals surface area contributed by atoms with E-state index in [1.165, 1.54) is 4.90 Å². The second kappa shape index (κ2) is 5.28. The molecule has 17 heavy (non-hydrogen) atoms. The van der Waals surface area contributed by atoms with Gasteiger partial charge in [0.1, 0.15) is 6.54 Å². The number of carboxylic acid groups (broad SMARTS) is 1. The lowest BCUT2D eigenvalue weighted by Crippen LogP contribution is -2.58. The Bertz CT molecular complexity index is 368. The summed E-state index contributed by atoms with van der Waals surface area (Å²) in [6.45, 7) is 1.88. The zero-order valence-electron chi connectivity index (χ0n) is 9.30. The maximum absolute atomic E-state index is 11.5. The van der Waals surface area contributed by atoms with Gasteiger partial charge in [-0.3, -0.25) is 19.3 Å². The summed E-state index contributed by atoms with van der Waals surface area (Å²) in [5, 5.41) is 10.4. The number of imide groups is 1. The number of amides is 4. The number of carbonyl (C=O) groups excluding carboxylic acids is 3. The molecule has 0 spiro atoms. The molecule has 8 nitrogen and oxygen atoms in total. The van der Waals surface area contributed by atoms with Crippen molar-refractivity contribution in [2.24, 2.45) is 0 Å². The third kappa shape index (κ3) is 2.92. The van der Waals surface area contributed by atoms with Crippen molar-refractivity contribution < 1.29 is 24.3 Å². The van der Waals surface area contributed by atoms with Gasteiger partial charge in [0.25, 0.3) is 0 Å².